The van der Waals surface area contributed by atoms with Gasteiger partial charge in [0.2, 0.25) is 11.8 Å². The summed E-state index contributed by atoms with van der Waals surface area (Å²) >= 11 is 1.40. The first-order valence-electron chi connectivity index (χ1n) is 11.3. The van der Waals surface area contributed by atoms with E-state index in [9.17, 15) is 9.90 Å². The number of hydrogen-bond acceptors (Lipinski definition) is 10. The Morgan fingerprint density at radius 3 is 2.94 bits per heavy atom. The van der Waals surface area contributed by atoms with Gasteiger partial charge in [-0.1, -0.05) is 11.8 Å². The summed E-state index contributed by atoms with van der Waals surface area (Å²) in [7, 11) is 1.60. The SMILES string of the molecule is COc1ccc2nccc(CN[C@@H]3CC[C@@H](NCc4cnc5c(n4)NC(=O)CS5)C[C@@H]3O)c2n1. The molecule has 1 aliphatic heterocycles. The lowest BCUT2D eigenvalue weighted by Gasteiger charge is -2.34. The average molecular weight is 482 g/mol. The first-order chi connectivity index (χ1) is 16.6. The molecule has 1 amide bonds. The molecule has 0 saturated heterocycles. The van der Waals surface area contributed by atoms with Crippen LogP contribution < -0.4 is 20.7 Å². The second kappa shape index (κ2) is 10.2. The van der Waals surface area contributed by atoms with E-state index in [4.69, 9.17) is 4.74 Å². The van der Waals surface area contributed by atoms with Crippen molar-refractivity contribution in [1.82, 2.24) is 30.6 Å². The Kier molecular flexibility index (Phi) is 6.86. The lowest BCUT2D eigenvalue weighted by molar-refractivity contribution is -0.113. The van der Waals surface area contributed by atoms with E-state index in [-0.39, 0.29) is 18.0 Å². The molecule has 1 saturated carbocycles. The molecule has 0 radical (unpaired) electrons. The standard InChI is InChI=1S/C23H27N7O3S/c1-33-20-5-4-17-21(30-20)13(6-7-24-17)9-26-16-3-2-14(8-18(16)31)25-10-15-11-27-23-22(28-15)29-19(32)12-34-23/h4-7,11,14,16,18,25-26,31H,2-3,8-10,12H2,1H3,(H,28,29,32)/t14-,16-,18+/m1/s1. The lowest BCUT2D eigenvalue weighted by atomic mass is 9.88. The predicted molar refractivity (Wildman–Crippen MR) is 129 cm³/mol. The molecule has 4 N–H and O–H groups in total. The smallest absolute Gasteiger partial charge is 0.236 e. The number of amides is 1. The highest BCUT2D eigenvalue weighted by Crippen LogP contribution is 2.27. The van der Waals surface area contributed by atoms with Crippen molar-refractivity contribution in [3.05, 3.63) is 41.9 Å². The van der Waals surface area contributed by atoms with E-state index in [1.54, 1.807) is 25.6 Å². The quantitative estimate of drug-likeness (QED) is 0.394. The highest BCUT2D eigenvalue weighted by molar-refractivity contribution is 8.00. The molecule has 1 fully saturated rings. The zero-order valence-electron chi connectivity index (χ0n) is 18.8. The Hall–Kier alpha value is -2.86. The summed E-state index contributed by atoms with van der Waals surface area (Å²) in [6, 6.07) is 5.83. The van der Waals surface area contributed by atoms with Gasteiger partial charge >= 0.3 is 0 Å². The van der Waals surface area contributed by atoms with Crippen LogP contribution in [-0.4, -0.2) is 62.0 Å². The van der Waals surface area contributed by atoms with Crippen LogP contribution in [0.15, 0.2) is 35.6 Å². The summed E-state index contributed by atoms with van der Waals surface area (Å²) in [4.78, 5) is 29.4. The second-order valence-corrected chi connectivity index (χ2v) is 9.45. The minimum absolute atomic E-state index is 0.00245. The molecule has 0 bridgehead atoms. The van der Waals surface area contributed by atoms with Crippen molar-refractivity contribution < 1.29 is 14.6 Å². The molecular formula is C23H27N7O3S. The summed E-state index contributed by atoms with van der Waals surface area (Å²) in [6.07, 6.45) is 5.48. The van der Waals surface area contributed by atoms with Crippen LogP contribution in [0.1, 0.15) is 30.5 Å². The van der Waals surface area contributed by atoms with E-state index in [1.165, 1.54) is 11.8 Å². The number of pyridine rings is 2. The van der Waals surface area contributed by atoms with Crippen LogP contribution >= 0.6 is 11.8 Å². The number of carbonyl (C=O) groups excluding carboxylic acids is 1. The number of nitrogens with one attached hydrogen (secondary N) is 3. The van der Waals surface area contributed by atoms with Gasteiger partial charge in [0.05, 0.1) is 41.9 Å². The predicted octanol–water partition coefficient (Wildman–Crippen LogP) is 1.63. The maximum atomic E-state index is 11.6. The van der Waals surface area contributed by atoms with Crippen molar-refractivity contribution in [2.24, 2.45) is 0 Å². The van der Waals surface area contributed by atoms with Gasteiger partial charge in [-0.15, -0.1) is 0 Å². The number of nitrogens with zero attached hydrogens (tertiary/aromatic N) is 4. The van der Waals surface area contributed by atoms with Gasteiger partial charge in [0.1, 0.15) is 5.03 Å². The topological polar surface area (TPSA) is 134 Å². The zero-order chi connectivity index (χ0) is 23.5. The number of aromatic nitrogens is 4. The normalized spacial score (nSPS) is 22.3. The van der Waals surface area contributed by atoms with Gasteiger partial charge in [0.25, 0.3) is 0 Å². The second-order valence-electron chi connectivity index (χ2n) is 8.49. The minimum atomic E-state index is -0.466. The molecule has 4 heterocycles. The highest BCUT2D eigenvalue weighted by atomic mass is 32.2. The number of aliphatic hydroxyl groups excluding tert-OH is 1. The van der Waals surface area contributed by atoms with Gasteiger partial charge < -0.3 is 25.8 Å². The number of ether oxygens (including phenoxy) is 1. The Labute approximate surface area is 201 Å². The number of rotatable bonds is 7. The molecule has 3 atom stereocenters. The van der Waals surface area contributed by atoms with Gasteiger partial charge in [0.15, 0.2) is 5.82 Å². The number of aliphatic hydroxyl groups is 1. The van der Waals surface area contributed by atoms with E-state index in [0.29, 0.717) is 37.0 Å². The van der Waals surface area contributed by atoms with E-state index in [2.05, 4.69) is 35.9 Å². The highest BCUT2D eigenvalue weighted by Gasteiger charge is 2.29. The average Bonchev–Trinajstić information content (AvgIpc) is 2.86. The first kappa shape index (κ1) is 22.9. The Morgan fingerprint density at radius 2 is 2.09 bits per heavy atom. The fourth-order valence-corrected chi connectivity index (χ4v) is 5.07. The summed E-state index contributed by atoms with van der Waals surface area (Å²) in [5, 5.41) is 21.3. The molecule has 1 aliphatic carbocycles. The van der Waals surface area contributed by atoms with Crippen LogP contribution in [0.2, 0.25) is 0 Å². The third-order valence-electron chi connectivity index (χ3n) is 6.18. The monoisotopic (exact) mass is 481 g/mol. The molecule has 0 unspecified atom stereocenters. The van der Waals surface area contributed by atoms with Crippen molar-refractivity contribution in [3.8, 4) is 5.88 Å². The molecule has 178 valence electrons. The van der Waals surface area contributed by atoms with Crippen LogP contribution in [0.3, 0.4) is 0 Å². The van der Waals surface area contributed by atoms with Gasteiger partial charge in [0, 0.05) is 37.4 Å². The summed E-state index contributed by atoms with van der Waals surface area (Å²) in [5.74, 6) is 1.40. The number of methoxy groups -OCH3 is 1. The number of fused-ring (bicyclic) bond motifs is 2. The van der Waals surface area contributed by atoms with Crippen LogP contribution in [-0.2, 0) is 17.9 Å². The third kappa shape index (κ3) is 5.12. The fourth-order valence-electron chi connectivity index (χ4n) is 4.37. The Bertz CT molecular complexity index is 1190. The van der Waals surface area contributed by atoms with Crippen molar-refractivity contribution >= 4 is 34.5 Å². The maximum Gasteiger partial charge on any atom is 0.236 e. The Balaban J connectivity index is 1.14. The number of anilines is 1. The molecule has 11 heteroatoms. The van der Waals surface area contributed by atoms with Crippen molar-refractivity contribution in [2.45, 2.75) is 55.6 Å². The number of hydrogen-bond donors (Lipinski definition) is 4. The lowest BCUT2D eigenvalue weighted by Crippen LogP contribution is -2.48. The van der Waals surface area contributed by atoms with Gasteiger partial charge in [-0.3, -0.25) is 9.78 Å². The third-order valence-corrected chi connectivity index (χ3v) is 7.16. The van der Waals surface area contributed by atoms with Crippen LogP contribution in [0, 0.1) is 0 Å². The molecule has 5 rings (SSSR count). The Morgan fingerprint density at radius 1 is 1.18 bits per heavy atom. The van der Waals surface area contributed by atoms with Crippen molar-refractivity contribution in [1.29, 1.82) is 0 Å². The molecule has 10 nitrogen and oxygen atoms in total. The molecule has 34 heavy (non-hydrogen) atoms. The van der Waals surface area contributed by atoms with E-state index in [0.717, 1.165) is 40.2 Å². The summed E-state index contributed by atoms with van der Waals surface area (Å²) in [5.41, 5.74) is 3.41. The molecule has 3 aromatic rings. The molecule has 3 aromatic heterocycles. The fraction of sp³-hybridized carbons (Fsp3) is 0.435. The molecule has 2 aliphatic rings. The van der Waals surface area contributed by atoms with Crippen LogP contribution in [0.25, 0.3) is 11.0 Å². The number of carbonyl (C=O) groups is 1. The van der Waals surface area contributed by atoms with Crippen LogP contribution in [0.5, 0.6) is 5.88 Å². The maximum absolute atomic E-state index is 11.6. The first-order valence-corrected chi connectivity index (χ1v) is 12.3. The van der Waals surface area contributed by atoms with Gasteiger partial charge in [-0.2, -0.15) is 0 Å². The minimum Gasteiger partial charge on any atom is -0.481 e. The largest absolute Gasteiger partial charge is 0.481 e. The van der Waals surface area contributed by atoms with E-state index < -0.39 is 6.10 Å². The van der Waals surface area contributed by atoms with Crippen LogP contribution in [0.4, 0.5) is 5.82 Å². The van der Waals surface area contributed by atoms with Crippen molar-refractivity contribution in [3.63, 3.8) is 0 Å². The summed E-state index contributed by atoms with van der Waals surface area (Å²) in [6.45, 7) is 1.13. The van der Waals surface area contributed by atoms with Crippen molar-refractivity contribution in [2.75, 3.05) is 18.2 Å². The van der Waals surface area contributed by atoms with E-state index >= 15 is 0 Å². The molecule has 0 aromatic carbocycles. The van der Waals surface area contributed by atoms with Gasteiger partial charge in [-0.25, -0.2) is 15.0 Å². The van der Waals surface area contributed by atoms with Gasteiger partial charge in [-0.05, 0) is 37.0 Å². The number of thioether (sulfide) groups is 1. The molecule has 0 spiro atoms. The van der Waals surface area contributed by atoms with E-state index in [1.807, 2.05) is 12.1 Å². The summed E-state index contributed by atoms with van der Waals surface area (Å²) < 4.78 is 5.25. The molecular weight excluding hydrogens is 454 g/mol. The zero-order valence-corrected chi connectivity index (χ0v) is 19.6.